The molecule has 1 aliphatic rings. The molecule has 0 aromatic carbocycles. The Morgan fingerprint density at radius 2 is 2.07 bits per heavy atom. The maximum absolute atomic E-state index is 12.4. The van der Waals surface area contributed by atoms with Crippen LogP contribution in [0.5, 0.6) is 5.88 Å². The smallest absolute Gasteiger partial charge is 0.411 e. The van der Waals surface area contributed by atoms with Crippen molar-refractivity contribution in [2.45, 2.75) is 38.8 Å². The number of furan rings is 1. The number of carbonyl (C=O) groups excluding carboxylic acids is 1. The molecule has 1 fully saturated rings. The second-order valence-corrected chi connectivity index (χ2v) is 7.86. The van der Waals surface area contributed by atoms with Gasteiger partial charge in [0.2, 0.25) is 5.88 Å². The summed E-state index contributed by atoms with van der Waals surface area (Å²) in [5, 5.41) is 9.52. The number of pyridine rings is 1. The van der Waals surface area contributed by atoms with Gasteiger partial charge in [-0.05, 0) is 39.3 Å². The lowest BCUT2D eigenvalue weighted by Gasteiger charge is -2.26. The summed E-state index contributed by atoms with van der Waals surface area (Å²) in [6, 6.07) is 6.08. The molecule has 154 valence electrons. The van der Waals surface area contributed by atoms with Crippen LogP contribution < -0.4 is 4.74 Å². The van der Waals surface area contributed by atoms with E-state index in [-0.39, 0.29) is 18.9 Å². The fourth-order valence-corrected chi connectivity index (χ4v) is 3.09. The number of carboxylic acids is 1. The zero-order chi connectivity index (χ0) is 21.2. The lowest BCUT2D eigenvalue weighted by atomic mass is 10.0. The van der Waals surface area contributed by atoms with Crippen LogP contribution in [0.3, 0.4) is 0 Å². The predicted octanol–water partition coefficient (Wildman–Crippen LogP) is 3.94. The highest BCUT2D eigenvalue weighted by molar-refractivity contribution is 5.81. The van der Waals surface area contributed by atoms with Gasteiger partial charge >= 0.3 is 12.1 Å². The van der Waals surface area contributed by atoms with E-state index in [0.717, 1.165) is 5.56 Å². The van der Waals surface area contributed by atoms with Gasteiger partial charge in [-0.3, -0.25) is 4.90 Å². The molecule has 8 nitrogen and oxygen atoms in total. The van der Waals surface area contributed by atoms with E-state index in [4.69, 9.17) is 13.9 Å². The number of carbonyl (C=O) groups is 2. The van der Waals surface area contributed by atoms with Crippen molar-refractivity contribution in [2.75, 3.05) is 6.54 Å². The fourth-order valence-electron chi connectivity index (χ4n) is 3.09. The maximum Gasteiger partial charge on any atom is 0.411 e. The molecule has 0 spiro atoms. The van der Waals surface area contributed by atoms with Crippen LogP contribution in [0.1, 0.15) is 27.2 Å². The van der Waals surface area contributed by atoms with Crippen LogP contribution in [-0.4, -0.2) is 45.2 Å². The highest BCUT2D eigenvalue weighted by atomic mass is 16.6. The van der Waals surface area contributed by atoms with Crippen LogP contribution in [0.25, 0.3) is 11.3 Å². The van der Waals surface area contributed by atoms with Crippen molar-refractivity contribution in [1.29, 1.82) is 0 Å². The molecule has 0 radical (unpaired) electrons. The summed E-state index contributed by atoms with van der Waals surface area (Å²) in [7, 11) is 0. The Kier molecular flexibility index (Phi) is 5.63. The topological polar surface area (TPSA) is 102 Å². The number of hydrogen-bond donors (Lipinski definition) is 1. The molecule has 1 saturated heterocycles. The number of likely N-dealkylation sites (tertiary alicyclic amines) is 1. The van der Waals surface area contributed by atoms with Gasteiger partial charge in [0.25, 0.3) is 0 Å². The SMILES string of the molecule is C=C(Oc1cccc(-c2ccoc2)n1)[C@@H]1C[C@@H](C(=O)O)N(C(=O)OC(C)(C)C)C1. The van der Waals surface area contributed by atoms with Crippen LogP contribution >= 0.6 is 0 Å². The minimum atomic E-state index is -1.09. The molecular formula is C21H24N2O6. The first-order valence-electron chi connectivity index (χ1n) is 9.23. The standard InChI is InChI=1S/C21H24N2O6/c1-13(28-18-7-5-6-16(22-18)14-8-9-27-12-14)15-10-17(19(24)25)23(11-15)20(26)29-21(2,3)4/h5-9,12,15,17H,1,10-11H2,2-4H3,(H,24,25)/t15-,17+/m1/s1. The van der Waals surface area contributed by atoms with Crippen molar-refractivity contribution in [2.24, 2.45) is 5.92 Å². The molecule has 0 bridgehead atoms. The highest BCUT2D eigenvalue weighted by Gasteiger charge is 2.43. The number of nitrogens with zero attached hydrogens (tertiary/aromatic N) is 2. The van der Waals surface area contributed by atoms with Crippen molar-refractivity contribution >= 4 is 12.1 Å². The molecule has 2 aromatic heterocycles. The van der Waals surface area contributed by atoms with Crippen molar-refractivity contribution in [3.63, 3.8) is 0 Å². The van der Waals surface area contributed by atoms with Gasteiger partial charge in [0.05, 0.1) is 18.2 Å². The Balaban J connectivity index is 1.70. The quantitative estimate of drug-likeness (QED) is 0.758. The molecule has 3 rings (SSSR count). The molecule has 3 heterocycles. The van der Waals surface area contributed by atoms with Crippen molar-refractivity contribution in [3.05, 3.63) is 49.1 Å². The molecule has 1 amide bonds. The number of ether oxygens (including phenoxy) is 2. The van der Waals surface area contributed by atoms with E-state index in [0.29, 0.717) is 17.3 Å². The van der Waals surface area contributed by atoms with Crippen LogP contribution in [-0.2, 0) is 9.53 Å². The zero-order valence-electron chi connectivity index (χ0n) is 16.6. The van der Waals surface area contributed by atoms with Crippen LogP contribution in [0.2, 0.25) is 0 Å². The summed E-state index contributed by atoms with van der Waals surface area (Å²) in [5.74, 6) is -0.773. The zero-order valence-corrected chi connectivity index (χ0v) is 16.6. The normalized spacial score (nSPS) is 19.1. The summed E-state index contributed by atoms with van der Waals surface area (Å²) in [6.45, 7) is 9.27. The van der Waals surface area contributed by atoms with Gasteiger partial charge in [-0.15, -0.1) is 0 Å². The van der Waals surface area contributed by atoms with E-state index in [1.165, 1.54) is 4.90 Å². The fraction of sp³-hybridized carbons (Fsp3) is 0.381. The Morgan fingerprint density at radius 1 is 1.31 bits per heavy atom. The summed E-state index contributed by atoms with van der Waals surface area (Å²) in [6.07, 6.45) is 2.66. The summed E-state index contributed by atoms with van der Waals surface area (Å²) in [5.41, 5.74) is 0.765. The van der Waals surface area contributed by atoms with E-state index in [1.807, 2.05) is 6.07 Å². The molecule has 0 saturated carbocycles. The predicted molar refractivity (Wildman–Crippen MR) is 104 cm³/mol. The third kappa shape index (κ3) is 4.96. The lowest BCUT2D eigenvalue weighted by molar-refractivity contribution is -0.142. The number of aliphatic carboxylic acids is 1. The molecule has 0 unspecified atom stereocenters. The summed E-state index contributed by atoms with van der Waals surface area (Å²) >= 11 is 0. The maximum atomic E-state index is 12.4. The number of aromatic nitrogens is 1. The third-order valence-corrected chi connectivity index (χ3v) is 4.45. The second kappa shape index (κ2) is 7.98. The van der Waals surface area contributed by atoms with Gasteiger partial charge in [-0.2, -0.15) is 0 Å². The number of rotatable bonds is 5. The van der Waals surface area contributed by atoms with E-state index < -0.39 is 23.7 Å². The van der Waals surface area contributed by atoms with Crippen LogP contribution in [0.4, 0.5) is 4.79 Å². The van der Waals surface area contributed by atoms with Crippen molar-refractivity contribution in [3.8, 4) is 17.1 Å². The summed E-state index contributed by atoms with van der Waals surface area (Å²) < 4.78 is 16.2. The lowest BCUT2D eigenvalue weighted by Crippen LogP contribution is -2.43. The van der Waals surface area contributed by atoms with Gasteiger partial charge in [-0.1, -0.05) is 12.6 Å². The van der Waals surface area contributed by atoms with E-state index >= 15 is 0 Å². The van der Waals surface area contributed by atoms with Crippen LogP contribution in [0.15, 0.2) is 53.5 Å². The Bertz CT molecular complexity index is 900. The minimum absolute atomic E-state index is 0.145. The number of carboxylic acid groups (broad SMARTS) is 1. The van der Waals surface area contributed by atoms with Crippen molar-refractivity contribution < 1.29 is 28.6 Å². The first-order chi connectivity index (χ1) is 13.6. The first-order valence-corrected chi connectivity index (χ1v) is 9.23. The largest absolute Gasteiger partial charge is 0.480 e. The monoisotopic (exact) mass is 400 g/mol. The Labute approximate surface area is 168 Å². The van der Waals surface area contributed by atoms with Crippen molar-refractivity contribution in [1.82, 2.24) is 9.88 Å². The molecule has 8 heteroatoms. The van der Waals surface area contributed by atoms with E-state index in [2.05, 4.69) is 11.6 Å². The number of amides is 1. The molecular weight excluding hydrogens is 376 g/mol. The molecule has 0 aliphatic carbocycles. The average Bonchev–Trinajstić information content (AvgIpc) is 3.30. The summed E-state index contributed by atoms with van der Waals surface area (Å²) in [4.78, 5) is 29.7. The van der Waals surface area contributed by atoms with Gasteiger partial charge < -0.3 is 19.0 Å². The van der Waals surface area contributed by atoms with Gasteiger partial charge in [0, 0.05) is 24.1 Å². The van der Waals surface area contributed by atoms with Gasteiger partial charge in [0.1, 0.15) is 17.4 Å². The number of hydrogen-bond acceptors (Lipinski definition) is 6. The third-order valence-electron chi connectivity index (χ3n) is 4.45. The average molecular weight is 400 g/mol. The van der Waals surface area contributed by atoms with E-state index in [9.17, 15) is 14.7 Å². The van der Waals surface area contributed by atoms with E-state index in [1.54, 1.807) is 51.5 Å². The van der Waals surface area contributed by atoms with Gasteiger partial charge in [0.15, 0.2) is 0 Å². The minimum Gasteiger partial charge on any atom is -0.480 e. The molecule has 2 aromatic rings. The second-order valence-electron chi connectivity index (χ2n) is 7.86. The highest BCUT2D eigenvalue weighted by Crippen LogP contribution is 2.31. The molecule has 29 heavy (non-hydrogen) atoms. The van der Waals surface area contributed by atoms with Crippen LogP contribution in [0, 0.1) is 5.92 Å². The van der Waals surface area contributed by atoms with Gasteiger partial charge in [-0.25, -0.2) is 14.6 Å². The molecule has 1 aliphatic heterocycles. The molecule has 1 N–H and O–H groups in total. The first kappa shape index (κ1) is 20.4. The molecule has 2 atom stereocenters. The Morgan fingerprint density at radius 3 is 2.69 bits per heavy atom. The Hall–Kier alpha value is -3.29.